The molecule has 17 heavy (non-hydrogen) atoms. The van der Waals surface area contributed by atoms with Crippen LogP contribution in [0.1, 0.15) is 18.1 Å². The second kappa shape index (κ2) is 5.44. The van der Waals surface area contributed by atoms with Gasteiger partial charge in [-0.25, -0.2) is 0 Å². The fourth-order valence-corrected chi connectivity index (χ4v) is 1.97. The Morgan fingerprint density at radius 3 is 2.06 bits per heavy atom. The van der Waals surface area contributed by atoms with Crippen molar-refractivity contribution in [1.82, 2.24) is 0 Å². The lowest BCUT2D eigenvalue weighted by molar-refractivity contribution is 0.763. The summed E-state index contributed by atoms with van der Waals surface area (Å²) in [7, 11) is 0. The van der Waals surface area contributed by atoms with Crippen molar-refractivity contribution in [2.75, 3.05) is 0 Å². The largest absolute Gasteiger partial charge is 0.304 e. The predicted octanol–water partition coefficient (Wildman–Crippen LogP) is 3.93. The van der Waals surface area contributed by atoms with Gasteiger partial charge in [0.15, 0.2) is 0 Å². The number of hydrogen-bond acceptors (Lipinski definition) is 1. The molecule has 0 amide bonds. The minimum Gasteiger partial charge on any atom is -0.304 e. The zero-order valence-electron chi connectivity index (χ0n) is 10.1. The van der Waals surface area contributed by atoms with Crippen molar-refractivity contribution in [3.63, 3.8) is 0 Å². The van der Waals surface area contributed by atoms with Crippen LogP contribution < -0.4 is 0 Å². The van der Waals surface area contributed by atoms with E-state index in [1.807, 2.05) is 48.5 Å². The molecule has 86 valence electrons. The van der Waals surface area contributed by atoms with Crippen molar-refractivity contribution in [1.29, 1.82) is 5.41 Å². The Hall–Kier alpha value is -1.89. The standard InChI is InChI=1S/C16H17N/c1-13(12-14-8-4-2-5-9-14)16(17)15-10-6-3-7-11-15/h2-11,13,17H,12H2,1H3. The summed E-state index contributed by atoms with van der Waals surface area (Å²) < 4.78 is 0. The smallest absolute Gasteiger partial charge is 0.0417 e. The molecular weight excluding hydrogens is 206 g/mol. The Kier molecular flexibility index (Phi) is 3.71. The molecule has 0 bridgehead atoms. The molecule has 1 atom stereocenters. The van der Waals surface area contributed by atoms with Gasteiger partial charge in [0, 0.05) is 11.6 Å². The highest BCUT2D eigenvalue weighted by Crippen LogP contribution is 2.14. The molecule has 0 saturated heterocycles. The van der Waals surface area contributed by atoms with Crippen LogP contribution >= 0.6 is 0 Å². The summed E-state index contributed by atoms with van der Waals surface area (Å²) in [4.78, 5) is 0. The zero-order valence-corrected chi connectivity index (χ0v) is 10.1. The maximum absolute atomic E-state index is 8.19. The van der Waals surface area contributed by atoms with Crippen molar-refractivity contribution >= 4 is 5.71 Å². The number of rotatable bonds is 4. The van der Waals surface area contributed by atoms with Crippen LogP contribution in [0.2, 0.25) is 0 Å². The molecule has 1 heteroatoms. The normalized spacial score (nSPS) is 12.1. The summed E-state index contributed by atoms with van der Waals surface area (Å²) in [6.07, 6.45) is 0.925. The van der Waals surface area contributed by atoms with Crippen LogP contribution in [0.3, 0.4) is 0 Å². The summed E-state index contributed by atoms with van der Waals surface area (Å²) >= 11 is 0. The first-order valence-electron chi connectivity index (χ1n) is 5.95. The highest BCUT2D eigenvalue weighted by molar-refractivity contribution is 5.99. The van der Waals surface area contributed by atoms with Gasteiger partial charge in [-0.1, -0.05) is 67.6 Å². The molecular formula is C16H17N. The van der Waals surface area contributed by atoms with E-state index in [2.05, 4.69) is 19.1 Å². The van der Waals surface area contributed by atoms with Gasteiger partial charge in [-0.05, 0) is 17.5 Å². The van der Waals surface area contributed by atoms with Crippen molar-refractivity contribution in [3.8, 4) is 0 Å². The summed E-state index contributed by atoms with van der Waals surface area (Å²) in [6.45, 7) is 2.11. The average Bonchev–Trinajstić information content (AvgIpc) is 2.40. The second-order valence-electron chi connectivity index (χ2n) is 4.37. The van der Waals surface area contributed by atoms with Gasteiger partial charge in [0.25, 0.3) is 0 Å². The van der Waals surface area contributed by atoms with Crippen LogP contribution in [-0.4, -0.2) is 5.71 Å². The van der Waals surface area contributed by atoms with Crippen LogP contribution in [0.25, 0.3) is 0 Å². The van der Waals surface area contributed by atoms with Crippen LogP contribution in [0, 0.1) is 11.3 Å². The van der Waals surface area contributed by atoms with E-state index < -0.39 is 0 Å². The van der Waals surface area contributed by atoms with Gasteiger partial charge in [-0.15, -0.1) is 0 Å². The molecule has 0 aliphatic heterocycles. The summed E-state index contributed by atoms with van der Waals surface area (Å²) in [5.74, 6) is 0.250. The van der Waals surface area contributed by atoms with E-state index in [0.29, 0.717) is 0 Å². The zero-order chi connectivity index (χ0) is 12.1. The van der Waals surface area contributed by atoms with E-state index in [-0.39, 0.29) is 5.92 Å². The first-order valence-corrected chi connectivity index (χ1v) is 5.95. The molecule has 0 radical (unpaired) electrons. The Balaban J connectivity index is 2.06. The minimum atomic E-state index is 0.250. The maximum Gasteiger partial charge on any atom is 0.0417 e. The molecule has 2 aromatic rings. The molecule has 0 aromatic heterocycles. The maximum atomic E-state index is 8.19. The quantitative estimate of drug-likeness (QED) is 0.759. The van der Waals surface area contributed by atoms with Crippen molar-refractivity contribution in [3.05, 3.63) is 71.8 Å². The minimum absolute atomic E-state index is 0.250. The van der Waals surface area contributed by atoms with Crippen molar-refractivity contribution in [2.45, 2.75) is 13.3 Å². The molecule has 1 unspecified atom stereocenters. The Labute approximate surface area is 103 Å². The van der Waals surface area contributed by atoms with Crippen LogP contribution in [-0.2, 0) is 6.42 Å². The van der Waals surface area contributed by atoms with Crippen LogP contribution in [0.15, 0.2) is 60.7 Å². The first-order chi connectivity index (χ1) is 8.27. The van der Waals surface area contributed by atoms with Gasteiger partial charge >= 0.3 is 0 Å². The molecule has 0 aliphatic carbocycles. The van der Waals surface area contributed by atoms with Gasteiger partial charge < -0.3 is 5.41 Å². The molecule has 1 nitrogen and oxygen atoms in total. The van der Waals surface area contributed by atoms with Gasteiger partial charge in [-0.2, -0.15) is 0 Å². The lowest BCUT2D eigenvalue weighted by atomic mass is 9.92. The van der Waals surface area contributed by atoms with E-state index in [1.54, 1.807) is 0 Å². The van der Waals surface area contributed by atoms with Gasteiger partial charge in [-0.3, -0.25) is 0 Å². The van der Waals surface area contributed by atoms with E-state index in [4.69, 9.17) is 5.41 Å². The summed E-state index contributed by atoms with van der Waals surface area (Å²) in [5.41, 5.74) is 3.03. The fraction of sp³-hybridized carbons (Fsp3) is 0.188. The average molecular weight is 223 g/mol. The van der Waals surface area contributed by atoms with Crippen LogP contribution in [0.4, 0.5) is 0 Å². The predicted molar refractivity (Wildman–Crippen MR) is 72.6 cm³/mol. The van der Waals surface area contributed by atoms with Crippen molar-refractivity contribution < 1.29 is 0 Å². The Bertz CT molecular complexity index is 473. The van der Waals surface area contributed by atoms with E-state index in [0.717, 1.165) is 17.7 Å². The first kappa shape index (κ1) is 11.6. The third-order valence-electron chi connectivity index (χ3n) is 2.96. The Morgan fingerprint density at radius 2 is 1.47 bits per heavy atom. The SMILES string of the molecule is CC(Cc1ccccc1)C(=N)c1ccccc1. The van der Waals surface area contributed by atoms with Crippen molar-refractivity contribution in [2.24, 2.45) is 5.92 Å². The van der Waals surface area contributed by atoms with Gasteiger partial charge in [0.2, 0.25) is 0 Å². The third kappa shape index (κ3) is 3.04. The van der Waals surface area contributed by atoms with E-state index >= 15 is 0 Å². The molecule has 0 fully saturated rings. The second-order valence-corrected chi connectivity index (χ2v) is 4.37. The lowest BCUT2D eigenvalue weighted by Crippen LogP contribution is -2.13. The summed E-state index contributed by atoms with van der Waals surface area (Å²) in [5, 5.41) is 8.19. The molecule has 2 rings (SSSR count). The topological polar surface area (TPSA) is 23.9 Å². The molecule has 0 heterocycles. The van der Waals surface area contributed by atoms with Gasteiger partial charge in [0.05, 0.1) is 0 Å². The number of nitrogens with one attached hydrogen (secondary N) is 1. The molecule has 0 spiro atoms. The lowest BCUT2D eigenvalue weighted by Gasteiger charge is -2.13. The third-order valence-corrected chi connectivity index (χ3v) is 2.96. The molecule has 0 saturated carbocycles. The number of hydrogen-bond donors (Lipinski definition) is 1. The summed E-state index contributed by atoms with van der Waals surface area (Å²) in [6, 6.07) is 20.3. The highest BCUT2D eigenvalue weighted by atomic mass is 14.4. The fourth-order valence-electron chi connectivity index (χ4n) is 1.97. The van der Waals surface area contributed by atoms with Gasteiger partial charge in [0.1, 0.15) is 0 Å². The highest BCUT2D eigenvalue weighted by Gasteiger charge is 2.11. The molecule has 1 N–H and O–H groups in total. The van der Waals surface area contributed by atoms with E-state index in [1.165, 1.54) is 5.56 Å². The van der Waals surface area contributed by atoms with Crippen LogP contribution in [0.5, 0.6) is 0 Å². The molecule has 2 aromatic carbocycles. The number of benzene rings is 2. The molecule has 0 aliphatic rings. The Morgan fingerprint density at radius 1 is 0.941 bits per heavy atom. The van der Waals surface area contributed by atoms with E-state index in [9.17, 15) is 0 Å². The monoisotopic (exact) mass is 223 g/mol.